The van der Waals surface area contributed by atoms with Crippen LogP contribution in [0.25, 0.3) is 10.2 Å². The number of benzene rings is 2. The summed E-state index contributed by atoms with van der Waals surface area (Å²) >= 11 is 1.47. The number of rotatable bonds is 9. The summed E-state index contributed by atoms with van der Waals surface area (Å²) in [6, 6.07) is 10.2. The van der Waals surface area contributed by atoms with Gasteiger partial charge in [-0.2, -0.15) is 4.31 Å². The van der Waals surface area contributed by atoms with Gasteiger partial charge in [0.25, 0.3) is 5.91 Å². The molecule has 0 saturated carbocycles. The lowest BCUT2D eigenvalue weighted by molar-refractivity contribution is 0.0376. The molecule has 216 valence electrons. The first-order valence-corrected chi connectivity index (χ1v) is 16.2. The third-order valence-corrected chi connectivity index (χ3v) is 10.8. The number of hydrogen-bond donors (Lipinski definition) is 0. The molecule has 40 heavy (non-hydrogen) atoms. The van der Waals surface area contributed by atoms with E-state index < -0.39 is 10.0 Å². The van der Waals surface area contributed by atoms with E-state index in [9.17, 15) is 13.2 Å². The number of morpholine rings is 1. The Hall–Kier alpha value is -2.57. The fourth-order valence-corrected chi connectivity index (χ4v) is 8.05. The summed E-state index contributed by atoms with van der Waals surface area (Å²) in [7, 11) is -1.98. The number of anilines is 1. The highest BCUT2D eigenvalue weighted by molar-refractivity contribution is 7.89. The van der Waals surface area contributed by atoms with Crippen LogP contribution in [0.4, 0.5) is 5.13 Å². The molecule has 2 fully saturated rings. The van der Waals surface area contributed by atoms with Crippen LogP contribution in [0.1, 0.15) is 42.1 Å². The number of thiazole rings is 1. The van der Waals surface area contributed by atoms with Crippen LogP contribution in [-0.2, 0) is 14.8 Å². The van der Waals surface area contributed by atoms with E-state index in [2.05, 4.69) is 11.8 Å². The molecule has 2 aliphatic rings. The first-order chi connectivity index (χ1) is 19.3. The number of carbonyl (C=O) groups excluding carboxylic acids is 1. The number of hydrogen-bond acceptors (Lipinski definition) is 8. The molecule has 2 saturated heterocycles. The number of carbonyl (C=O) groups is 1. The molecule has 3 aromatic rings. The van der Waals surface area contributed by atoms with Gasteiger partial charge >= 0.3 is 0 Å². The lowest BCUT2D eigenvalue weighted by atomic mass is 10.0. The molecule has 1 atom stereocenters. The van der Waals surface area contributed by atoms with Crippen molar-refractivity contribution in [2.45, 2.75) is 38.0 Å². The minimum atomic E-state index is -3.60. The summed E-state index contributed by atoms with van der Waals surface area (Å²) < 4.78 is 40.1. The summed E-state index contributed by atoms with van der Waals surface area (Å²) in [5.74, 6) is 0.810. The highest BCUT2D eigenvalue weighted by Gasteiger charge is 2.29. The van der Waals surface area contributed by atoms with Gasteiger partial charge in [0.15, 0.2) is 5.13 Å². The van der Waals surface area contributed by atoms with E-state index in [-0.39, 0.29) is 10.8 Å². The lowest BCUT2D eigenvalue weighted by Crippen LogP contribution is -2.39. The van der Waals surface area contributed by atoms with Gasteiger partial charge < -0.3 is 9.47 Å². The number of aryl methyl sites for hydroxylation is 1. The summed E-state index contributed by atoms with van der Waals surface area (Å²) in [6.45, 7) is 9.73. The van der Waals surface area contributed by atoms with E-state index in [1.807, 2.05) is 19.1 Å². The van der Waals surface area contributed by atoms with Crippen LogP contribution in [0.5, 0.6) is 5.75 Å². The third-order valence-electron chi connectivity index (χ3n) is 7.71. The Morgan fingerprint density at radius 2 is 1.90 bits per heavy atom. The molecule has 5 rings (SSSR count). The average molecular weight is 587 g/mol. The van der Waals surface area contributed by atoms with Crippen molar-refractivity contribution in [2.24, 2.45) is 5.92 Å². The summed E-state index contributed by atoms with van der Waals surface area (Å²) in [5, 5.41) is 0.605. The van der Waals surface area contributed by atoms with Gasteiger partial charge in [0.1, 0.15) is 11.3 Å². The lowest BCUT2D eigenvalue weighted by Gasteiger charge is -2.30. The zero-order valence-corrected chi connectivity index (χ0v) is 25.1. The van der Waals surface area contributed by atoms with Gasteiger partial charge in [-0.15, -0.1) is 0 Å². The number of fused-ring (bicyclic) bond motifs is 1. The van der Waals surface area contributed by atoms with E-state index in [0.29, 0.717) is 42.0 Å². The zero-order valence-electron chi connectivity index (χ0n) is 23.5. The van der Waals surface area contributed by atoms with Gasteiger partial charge in [0.2, 0.25) is 10.0 Å². The second kappa shape index (κ2) is 12.5. The van der Waals surface area contributed by atoms with Crippen molar-refractivity contribution < 1.29 is 22.7 Å². The molecule has 3 heterocycles. The Balaban J connectivity index is 1.41. The van der Waals surface area contributed by atoms with Crippen LogP contribution in [0.15, 0.2) is 41.3 Å². The molecule has 0 radical (unpaired) electrons. The van der Waals surface area contributed by atoms with Gasteiger partial charge in [-0.25, -0.2) is 13.4 Å². The third kappa shape index (κ3) is 6.18. The topological polar surface area (TPSA) is 92.3 Å². The molecule has 11 heteroatoms. The van der Waals surface area contributed by atoms with Crippen molar-refractivity contribution in [1.29, 1.82) is 0 Å². The van der Waals surface area contributed by atoms with Crippen molar-refractivity contribution in [1.82, 2.24) is 14.2 Å². The van der Waals surface area contributed by atoms with E-state index in [1.54, 1.807) is 40.6 Å². The Kier molecular flexibility index (Phi) is 9.06. The van der Waals surface area contributed by atoms with Gasteiger partial charge in [-0.05, 0) is 68.0 Å². The Labute approximate surface area is 240 Å². The number of aromatic nitrogens is 1. The minimum absolute atomic E-state index is 0.201. The molecule has 0 N–H and O–H groups in total. The quantitative estimate of drug-likeness (QED) is 0.367. The molecular weight excluding hydrogens is 548 g/mol. The molecule has 1 unspecified atom stereocenters. The van der Waals surface area contributed by atoms with Crippen molar-refractivity contribution in [2.75, 3.05) is 64.5 Å². The van der Waals surface area contributed by atoms with Crippen molar-refractivity contribution in [3.05, 3.63) is 47.5 Å². The summed E-state index contributed by atoms with van der Waals surface area (Å²) in [4.78, 5) is 23.0. The van der Waals surface area contributed by atoms with E-state index >= 15 is 0 Å². The fraction of sp³-hybridized carbons (Fsp3) is 0.517. The maximum absolute atomic E-state index is 13.9. The normalized spacial score (nSPS) is 19.1. The number of sulfonamides is 1. The number of nitrogens with zero attached hydrogens (tertiary/aromatic N) is 4. The highest BCUT2D eigenvalue weighted by Crippen LogP contribution is 2.37. The maximum atomic E-state index is 13.9. The minimum Gasteiger partial charge on any atom is -0.494 e. The summed E-state index contributed by atoms with van der Waals surface area (Å²) in [6.07, 6.45) is 2.68. The zero-order chi connectivity index (χ0) is 28.3. The molecule has 0 bridgehead atoms. The monoisotopic (exact) mass is 586 g/mol. The van der Waals surface area contributed by atoms with Crippen molar-refractivity contribution >= 4 is 42.6 Å². The highest BCUT2D eigenvalue weighted by atomic mass is 32.2. The van der Waals surface area contributed by atoms with Gasteiger partial charge in [0.05, 0.1) is 29.9 Å². The first kappa shape index (κ1) is 28.9. The Morgan fingerprint density at radius 3 is 2.60 bits per heavy atom. The number of methoxy groups -OCH3 is 1. The van der Waals surface area contributed by atoms with Gasteiger partial charge in [-0.1, -0.05) is 24.3 Å². The van der Waals surface area contributed by atoms with E-state index in [0.717, 1.165) is 67.9 Å². The second-order valence-corrected chi connectivity index (χ2v) is 13.6. The number of amides is 1. The van der Waals surface area contributed by atoms with E-state index in [4.69, 9.17) is 14.5 Å². The first-order valence-electron chi connectivity index (χ1n) is 13.9. The maximum Gasteiger partial charge on any atom is 0.260 e. The number of ether oxygens (including phenoxy) is 2. The van der Waals surface area contributed by atoms with Crippen LogP contribution in [0, 0.1) is 12.8 Å². The standard InChI is InChI=1S/C29H38N4O5S2/c1-21-6-4-14-32(20-21)40(35,36)24-10-8-23(9-11-24)28(34)33(15-5-13-31-16-18-38-19-17-31)29-30-26-25(37-3)12-7-22(2)27(26)39-29/h7-12,21H,4-6,13-20H2,1-3H3. The fourth-order valence-electron chi connectivity index (χ4n) is 5.38. The predicted molar refractivity (Wildman–Crippen MR) is 158 cm³/mol. The molecule has 1 aromatic heterocycles. The molecule has 0 spiro atoms. The van der Waals surface area contributed by atoms with Crippen molar-refractivity contribution in [3.63, 3.8) is 0 Å². The van der Waals surface area contributed by atoms with Crippen LogP contribution >= 0.6 is 11.3 Å². The van der Waals surface area contributed by atoms with Gasteiger partial charge in [-0.3, -0.25) is 14.6 Å². The molecule has 9 nitrogen and oxygen atoms in total. The molecular formula is C29H38N4O5S2. The van der Waals surface area contributed by atoms with Crippen LogP contribution < -0.4 is 9.64 Å². The predicted octanol–water partition coefficient (Wildman–Crippen LogP) is 4.40. The van der Waals surface area contributed by atoms with Crippen LogP contribution in [0.3, 0.4) is 0 Å². The SMILES string of the molecule is COc1ccc(C)c2sc(N(CCCN3CCOCC3)C(=O)c3ccc(S(=O)(=O)N4CCCC(C)C4)cc3)nc12. The molecule has 1 amide bonds. The average Bonchev–Trinajstić information content (AvgIpc) is 3.42. The Bertz CT molecular complexity index is 1430. The van der Waals surface area contributed by atoms with Gasteiger partial charge in [0, 0.05) is 44.8 Å². The van der Waals surface area contributed by atoms with Crippen molar-refractivity contribution in [3.8, 4) is 5.75 Å². The molecule has 2 aliphatic heterocycles. The van der Waals surface area contributed by atoms with Crippen LogP contribution in [-0.4, -0.2) is 88.1 Å². The number of piperidine rings is 1. The molecule has 0 aliphatic carbocycles. The molecule has 2 aromatic carbocycles. The summed E-state index contributed by atoms with van der Waals surface area (Å²) in [5.41, 5.74) is 2.24. The van der Waals surface area contributed by atoms with Crippen LogP contribution in [0.2, 0.25) is 0 Å². The largest absolute Gasteiger partial charge is 0.494 e. The smallest absolute Gasteiger partial charge is 0.260 e. The van der Waals surface area contributed by atoms with E-state index in [1.165, 1.54) is 11.3 Å². The Morgan fingerprint density at radius 1 is 1.15 bits per heavy atom. The second-order valence-electron chi connectivity index (χ2n) is 10.7.